The van der Waals surface area contributed by atoms with Gasteiger partial charge >= 0.3 is 0 Å². The van der Waals surface area contributed by atoms with E-state index in [1.807, 2.05) is 0 Å². The van der Waals surface area contributed by atoms with Gasteiger partial charge in [0.25, 0.3) is 0 Å². The van der Waals surface area contributed by atoms with Gasteiger partial charge in [0.15, 0.2) is 0 Å². The second-order valence-corrected chi connectivity index (χ2v) is 5.80. The monoisotopic (exact) mass is 275 g/mol. The van der Waals surface area contributed by atoms with Gasteiger partial charge in [0, 0.05) is 19.0 Å². The molecule has 0 aromatic heterocycles. The minimum absolute atomic E-state index is 0.182. The van der Waals surface area contributed by atoms with Crippen LogP contribution in [0, 0.1) is 5.92 Å². The van der Waals surface area contributed by atoms with Crippen LogP contribution in [0.25, 0.3) is 0 Å². The van der Waals surface area contributed by atoms with Gasteiger partial charge in [0.05, 0.1) is 0 Å². The normalized spacial score (nSPS) is 16.4. The van der Waals surface area contributed by atoms with Gasteiger partial charge in [-0.2, -0.15) is 0 Å². The topological polar surface area (TPSA) is 44.4 Å². The number of nitrogens with zero attached hydrogens (tertiary/aromatic N) is 1. The number of carbonyl (C=O) groups is 1. The lowest BCUT2D eigenvalue weighted by Gasteiger charge is -2.21. The molecule has 1 amide bonds. The van der Waals surface area contributed by atoms with Crippen molar-refractivity contribution >= 4 is 5.91 Å². The Labute approximate surface area is 121 Å². The van der Waals surface area contributed by atoms with E-state index in [-0.39, 0.29) is 11.8 Å². The quantitative estimate of drug-likeness (QED) is 0.853. The summed E-state index contributed by atoms with van der Waals surface area (Å²) in [5, 5.41) is 6.35. The fourth-order valence-electron chi connectivity index (χ4n) is 2.62. The van der Waals surface area contributed by atoms with E-state index in [0.29, 0.717) is 6.54 Å². The summed E-state index contributed by atoms with van der Waals surface area (Å²) in [6.07, 6.45) is 1.90. The maximum atomic E-state index is 12.1. The number of amides is 1. The molecular formula is C16H25N3O. The second kappa shape index (κ2) is 7.41. The fraction of sp³-hybridized carbons (Fsp3) is 0.562. The molecule has 1 aromatic rings. The first-order valence-corrected chi connectivity index (χ1v) is 7.36. The van der Waals surface area contributed by atoms with Crippen LogP contribution in [-0.2, 0) is 17.9 Å². The van der Waals surface area contributed by atoms with Crippen LogP contribution in [0.1, 0.15) is 24.0 Å². The first-order chi connectivity index (χ1) is 9.65. The number of nitrogens with one attached hydrogen (secondary N) is 2. The van der Waals surface area contributed by atoms with Crippen molar-refractivity contribution in [2.24, 2.45) is 5.92 Å². The summed E-state index contributed by atoms with van der Waals surface area (Å²) in [5.74, 6) is 0.380. The van der Waals surface area contributed by atoms with Crippen molar-refractivity contribution in [1.29, 1.82) is 0 Å². The van der Waals surface area contributed by atoms with Crippen LogP contribution in [0.5, 0.6) is 0 Å². The van der Waals surface area contributed by atoms with E-state index < -0.39 is 0 Å². The molecule has 2 N–H and O–H groups in total. The third kappa shape index (κ3) is 4.62. The first kappa shape index (κ1) is 15.0. The number of carbonyl (C=O) groups excluding carboxylic acids is 1. The van der Waals surface area contributed by atoms with E-state index in [0.717, 1.165) is 32.5 Å². The van der Waals surface area contributed by atoms with E-state index in [9.17, 15) is 4.79 Å². The smallest absolute Gasteiger partial charge is 0.223 e. The van der Waals surface area contributed by atoms with Gasteiger partial charge in [-0.1, -0.05) is 24.3 Å². The maximum absolute atomic E-state index is 12.1. The van der Waals surface area contributed by atoms with Crippen LogP contribution in [-0.4, -0.2) is 38.0 Å². The minimum atomic E-state index is 0.182. The third-order valence-corrected chi connectivity index (χ3v) is 3.67. The molecule has 20 heavy (non-hydrogen) atoms. The summed E-state index contributed by atoms with van der Waals surface area (Å²) in [5.41, 5.74) is 2.45. The molecule has 4 nitrogen and oxygen atoms in total. The van der Waals surface area contributed by atoms with Gasteiger partial charge in [-0.25, -0.2) is 0 Å². The zero-order chi connectivity index (χ0) is 14.4. The Hall–Kier alpha value is -1.39. The molecule has 0 atom stereocenters. The van der Waals surface area contributed by atoms with E-state index in [1.165, 1.54) is 11.1 Å². The highest BCUT2D eigenvalue weighted by Crippen LogP contribution is 2.12. The van der Waals surface area contributed by atoms with Crippen molar-refractivity contribution in [3.05, 3.63) is 35.4 Å². The van der Waals surface area contributed by atoms with E-state index in [1.54, 1.807) is 0 Å². The van der Waals surface area contributed by atoms with Crippen molar-refractivity contribution in [1.82, 2.24) is 15.5 Å². The molecule has 1 aromatic carbocycles. The molecule has 0 unspecified atom stereocenters. The molecule has 0 bridgehead atoms. The highest BCUT2D eigenvalue weighted by Gasteiger charge is 2.20. The van der Waals surface area contributed by atoms with Gasteiger partial charge < -0.3 is 15.5 Å². The first-order valence-electron chi connectivity index (χ1n) is 7.36. The number of benzene rings is 1. The van der Waals surface area contributed by atoms with Crippen molar-refractivity contribution in [2.45, 2.75) is 25.9 Å². The summed E-state index contributed by atoms with van der Waals surface area (Å²) in [6, 6.07) is 8.42. The molecule has 1 aliphatic heterocycles. The van der Waals surface area contributed by atoms with E-state index in [4.69, 9.17) is 0 Å². The zero-order valence-corrected chi connectivity index (χ0v) is 12.5. The molecule has 0 aliphatic carbocycles. The standard InChI is InChI=1S/C16H25N3O/c1-19(2)12-14-5-3-4-13(10-14)11-18-16(20)15-6-8-17-9-7-15/h3-5,10,15,17H,6-9,11-12H2,1-2H3,(H,18,20). The third-order valence-electron chi connectivity index (χ3n) is 3.67. The fourth-order valence-corrected chi connectivity index (χ4v) is 2.62. The molecule has 1 fully saturated rings. The lowest BCUT2D eigenvalue weighted by molar-refractivity contribution is -0.125. The molecule has 1 saturated heterocycles. The largest absolute Gasteiger partial charge is 0.352 e. The molecule has 1 aliphatic rings. The summed E-state index contributed by atoms with van der Waals surface area (Å²) >= 11 is 0. The van der Waals surface area contributed by atoms with Crippen LogP contribution >= 0.6 is 0 Å². The molecule has 4 heteroatoms. The highest BCUT2D eigenvalue weighted by atomic mass is 16.1. The number of piperidine rings is 1. The number of rotatable bonds is 5. The van der Waals surface area contributed by atoms with E-state index >= 15 is 0 Å². The van der Waals surface area contributed by atoms with Crippen LogP contribution in [0.4, 0.5) is 0 Å². The Bertz CT molecular complexity index is 439. The molecule has 110 valence electrons. The van der Waals surface area contributed by atoms with Gasteiger partial charge in [0.1, 0.15) is 0 Å². The van der Waals surface area contributed by atoms with Gasteiger partial charge in [-0.05, 0) is 51.2 Å². The van der Waals surface area contributed by atoms with Crippen LogP contribution in [0.15, 0.2) is 24.3 Å². The van der Waals surface area contributed by atoms with Crippen molar-refractivity contribution < 1.29 is 4.79 Å². The Kier molecular flexibility index (Phi) is 5.56. The van der Waals surface area contributed by atoms with Crippen LogP contribution in [0.3, 0.4) is 0 Å². The summed E-state index contributed by atoms with van der Waals surface area (Å²) in [6.45, 7) is 3.47. The SMILES string of the molecule is CN(C)Cc1cccc(CNC(=O)C2CCNCC2)c1. The molecule has 1 heterocycles. The Morgan fingerprint density at radius 2 is 2.00 bits per heavy atom. The lowest BCUT2D eigenvalue weighted by Crippen LogP contribution is -2.37. The summed E-state index contributed by atoms with van der Waals surface area (Å²) < 4.78 is 0. The Morgan fingerprint density at radius 1 is 1.30 bits per heavy atom. The van der Waals surface area contributed by atoms with E-state index in [2.05, 4.69) is 53.9 Å². The average Bonchev–Trinajstić information content (AvgIpc) is 2.45. The predicted molar refractivity (Wildman–Crippen MR) is 81.3 cm³/mol. The lowest BCUT2D eigenvalue weighted by atomic mass is 9.97. The zero-order valence-electron chi connectivity index (χ0n) is 12.5. The second-order valence-electron chi connectivity index (χ2n) is 5.80. The average molecular weight is 275 g/mol. The summed E-state index contributed by atoms with van der Waals surface area (Å²) in [4.78, 5) is 14.2. The minimum Gasteiger partial charge on any atom is -0.352 e. The number of hydrogen-bond acceptors (Lipinski definition) is 3. The Morgan fingerprint density at radius 3 is 2.70 bits per heavy atom. The van der Waals surface area contributed by atoms with Crippen LogP contribution < -0.4 is 10.6 Å². The van der Waals surface area contributed by atoms with Gasteiger partial charge in [-0.15, -0.1) is 0 Å². The molecule has 0 saturated carbocycles. The van der Waals surface area contributed by atoms with Crippen molar-refractivity contribution in [3.8, 4) is 0 Å². The maximum Gasteiger partial charge on any atom is 0.223 e. The van der Waals surface area contributed by atoms with Gasteiger partial charge in [-0.3, -0.25) is 4.79 Å². The summed E-state index contributed by atoms with van der Waals surface area (Å²) in [7, 11) is 4.12. The molecular weight excluding hydrogens is 250 g/mol. The van der Waals surface area contributed by atoms with Gasteiger partial charge in [0.2, 0.25) is 5.91 Å². The molecule has 2 rings (SSSR count). The molecule has 0 spiro atoms. The molecule has 0 radical (unpaired) electrons. The van der Waals surface area contributed by atoms with Crippen molar-refractivity contribution in [2.75, 3.05) is 27.2 Å². The van der Waals surface area contributed by atoms with Crippen LogP contribution in [0.2, 0.25) is 0 Å². The van der Waals surface area contributed by atoms with Crippen molar-refractivity contribution in [3.63, 3.8) is 0 Å². The predicted octanol–water partition coefficient (Wildman–Crippen LogP) is 1.36. The Balaban J connectivity index is 1.85. The highest BCUT2D eigenvalue weighted by molar-refractivity contribution is 5.78. The number of hydrogen-bond donors (Lipinski definition) is 2.